The van der Waals surface area contributed by atoms with E-state index in [1.165, 1.54) is 41.4 Å². The number of benzene rings is 2. The minimum atomic E-state index is -0.250. The van der Waals surface area contributed by atoms with Crippen molar-refractivity contribution in [2.75, 3.05) is 31.8 Å². The maximum Gasteiger partial charge on any atom is 0.313 e. The molecule has 0 bridgehead atoms. The summed E-state index contributed by atoms with van der Waals surface area (Å²) in [6, 6.07) is 19.1. The van der Waals surface area contributed by atoms with Gasteiger partial charge >= 0.3 is 5.97 Å². The number of rotatable bonds is 5. The first-order chi connectivity index (χ1) is 15.2. The van der Waals surface area contributed by atoms with Crippen LogP contribution in [0.1, 0.15) is 29.0 Å². The fourth-order valence-electron chi connectivity index (χ4n) is 5.20. The molecule has 31 heavy (non-hydrogen) atoms. The van der Waals surface area contributed by atoms with Gasteiger partial charge in [0.15, 0.2) is 0 Å². The van der Waals surface area contributed by atoms with Gasteiger partial charge in [-0.1, -0.05) is 54.6 Å². The number of ether oxygens (including phenoxy) is 2. The summed E-state index contributed by atoms with van der Waals surface area (Å²) in [5.41, 5.74) is 6.27. The van der Waals surface area contributed by atoms with Gasteiger partial charge in [0.05, 0.1) is 30.3 Å². The Hall–Kier alpha value is -1.69. The molecule has 0 unspecified atom stereocenters. The molecule has 3 nitrogen and oxygen atoms in total. The van der Waals surface area contributed by atoms with Crippen molar-refractivity contribution < 1.29 is 14.3 Å². The number of carbonyl (C=O) groups excluding carboxylic acids is 1. The Labute approximate surface area is 193 Å². The highest BCUT2D eigenvalue weighted by molar-refractivity contribution is 8.19. The Morgan fingerprint density at radius 1 is 1.03 bits per heavy atom. The topological polar surface area (TPSA) is 35.5 Å². The van der Waals surface area contributed by atoms with Gasteiger partial charge in [0, 0.05) is 11.8 Å². The van der Waals surface area contributed by atoms with Gasteiger partial charge < -0.3 is 9.47 Å². The molecule has 2 heterocycles. The van der Waals surface area contributed by atoms with Crippen LogP contribution in [0.5, 0.6) is 0 Å². The highest BCUT2D eigenvalue weighted by Gasteiger charge is 2.59. The molecule has 2 aliphatic heterocycles. The molecule has 2 atom stereocenters. The molecule has 5 rings (SSSR count). The lowest BCUT2D eigenvalue weighted by Crippen LogP contribution is -2.53. The molecule has 3 aliphatic rings. The van der Waals surface area contributed by atoms with Crippen LogP contribution in [0.15, 0.2) is 60.2 Å². The summed E-state index contributed by atoms with van der Waals surface area (Å²) in [5, 5.41) is 0. The van der Waals surface area contributed by atoms with Crippen molar-refractivity contribution in [2.45, 2.75) is 23.3 Å². The summed E-state index contributed by atoms with van der Waals surface area (Å²) in [6.45, 7) is 3.69. The van der Waals surface area contributed by atoms with E-state index in [0.29, 0.717) is 5.92 Å². The number of allylic oxidation sites excluding steroid dienone is 1. The number of methoxy groups -OCH3 is 1. The fourth-order valence-corrected chi connectivity index (χ4v) is 8.92. The molecule has 0 N–H and O–H groups in total. The van der Waals surface area contributed by atoms with Crippen LogP contribution in [-0.4, -0.2) is 41.9 Å². The third-order valence-electron chi connectivity index (χ3n) is 6.78. The van der Waals surface area contributed by atoms with Crippen LogP contribution < -0.4 is 0 Å². The summed E-state index contributed by atoms with van der Waals surface area (Å²) in [4.78, 5) is 13.3. The Kier molecular flexibility index (Phi) is 5.93. The molecule has 1 aliphatic carbocycles. The fraction of sp³-hybridized carbons (Fsp3) is 0.423. The lowest BCUT2D eigenvalue weighted by molar-refractivity contribution is -0.145. The minimum absolute atomic E-state index is 0.0204. The quantitative estimate of drug-likeness (QED) is 0.556. The molecule has 2 saturated heterocycles. The number of esters is 1. The maximum absolute atomic E-state index is 13.3. The van der Waals surface area contributed by atoms with E-state index in [0.717, 1.165) is 24.7 Å². The van der Waals surface area contributed by atoms with Crippen LogP contribution >= 0.6 is 23.5 Å². The van der Waals surface area contributed by atoms with E-state index >= 15 is 0 Å². The number of aryl methyl sites for hydroxylation is 1. The van der Waals surface area contributed by atoms with Crippen molar-refractivity contribution in [2.24, 2.45) is 11.8 Å². The van der Waals surface area contributed by atoms with Crippen molar-refractivity contribution in [1.29, 1.82) is 0 Å². The van der Waals surface area contributed by atoms with Crippen molar-refractivity contribution >= 4 is 35.1 Å². The number of carbonyl (C=O) groups is 1. The monoisotopic (exact) mass is 452 g/mol. The van der Waals surface area contributed by atoms with Gasteiger partial charge in [-0.3, -0.25) is 4.79 Å². The Bertz CT molecular complexity index is 991. The van der Waals surface area contributed by atoms with Crippen molar-refractivity contribution in [3.63, 3.8) is 0 Å². The Balaban J connectivity index is 1.75. The van der Waals surface area contributed by atoms with Crippen LogP contribution in [0.25, 0.3) is 5.57 Å². The van der Waals surface area contributed by atoms with Gasteiger partial charge in [-0.05, 0) is 52.7 Å². The van der Waals surface area contributed by atoms with Gasteiger partial charge in [-0.15, -0.1) is 23.5 Å². The first-order valence-corrected chi connectivity index (χ1v) is 12.9. The molecule has 0 aromatic heterocycles. The molecule has 2 aromatic rings. The zero-order chi connectivity index (χ0) is 21.4. The zero-order valence-electron chi connectivity index (χ0n) is 18.0. The first-order valence-electron chi connectivity index (χ1n) is 11.0. The molecule has 0 spiro atoms. The third kappa shape index (κ3) is 3.46. The van der Waals surface area contributed by atoms with Gasteiger partial charge in [-0.25, -0.2) is 0 Å². The van der Waals surface area contributed by atoms with Crippen LogP contribution in [0.4, 0.5) is 0 Å². The molecule has 0 radical (unpaired) electrons. The second-order valence-electron chi connectivity index (χ2n) is 8.48. The van der Waals surface area contributed by atoms with Crippen LogP contribution in [-0.2, 0) is 14.3 Å². The lowest BCUT2D eigenvalue weighted by Gasteiger charge is -2.55. The van der Waals surface area contributed by atoms with Gasteiger partial charge in [-0.2, -0.15) is 0 Å². The first kappa shape index (κ1) is 21.2. The summed E-state index contributed by atoms with van der Waals surface area (Å²) in [6.07, 6.45) is 1.21. The molecule has 0 saturated carbocycles. The predicted molar refractivity (Wildman–Crippen MR) is 129 cm³/mol. The van der Waals surface area contributed by atoms with Crippen molar-refractivity contribution in [1.82, 2.24) is 0 Å². The standard InChI is InChI=1S/C26H28O3S2/c1-17-9-6-7-12-20(17)22-21(18-10-4-3-5-11-18)24(23(22)25(27)28-2)26(19-15-29-16-19)30-13-8-14-31-26/h3-7,9-12,19,22-23H,8,13-16H2,1-2H3/t22-,23+/m1/s1. The van der Waals surface area contributed by atoms with Crippen LogP contribution in [0.2, 0.25) is 0 Å². The number of hydrogen-bond donors (Lipinski definition) is 0. The predicted octanol–water partition coefficient (Wildman–Crippen LogP) is 5.55. The highest BCUT2D eigenvalue weighted by atomic mass is 32.2. The third-order valence-corrected chi connectivity index (χ3v) is 10.4. The molecule has 162 valence electrons. The summed E-state index contributed by atoms with van der Waals surface area (Å²) < 4.78 is 11.0. The molecule has 2 aromatic carbocycles. The lowest BCUT2D eigenvalue weighted by atomic mass is 9.60. The smallest absolute Gasteiger partial charge is 0.313 e. The van der Waals surface area contributed by atoms with E-state index in [4.69, 9.17) is 9.47 Å². The van der Waals surface area contributed by atoms with Gasteiger partial charge in [0.1, 0.15) is 0 Å². The normalized spacial score (nSPS) is 25.5. The molecule has 2 fully saturated rings. The molecule has 0 amide bonds. The zero-order valence-corrected chi connectivity index (χ0v) is 19.6. The van der Waals surface area contributed by atoms with E-state index < -0.39 is 0 Å². The summed E-state index contributed by atoms with van der Waals surface area (Å²) in [7, 11) is 1.52. The summed E-state index contributed by atoms with van der Waals surface area (Å²) >= 11 is 4.05. The maximum atomic E-state index is 13.3. The van der Waals surface area contributed by atoms with Crippen molar-refractivity contribution in [3.8, 4) is 0 Å². The molecule has 5 heteroatoms. The van der Waals surface area contributed by atoms with E-state index in [1.54, 1.807) is 0 Å². The van der Waals surface area contributed by atoms with Gasteiger partial charge in [0.25, 0.3) is 0 Å². The van der Waals surface area contributed by atoms with Gasteiger partial charge in [0.2, 0.25) is 0 Å². The van der Waals surface area contributed by atoms with Crippen LogP contribution in [0.3, 0.4) is 0 Å². The average molecular weight is 453 g/mol. The summed E-state index contributed by atoms with van der Waals surface area (Å²) in [5.74, 6) is 2.33. The average Bonchev–Trinajstić information content (AvgIpc) is 2.74. The second-order valence-corrected chi connectivity index (χ2v) is 11.4. The Morgan fingerprint density at radius 2 is 1.71 bits per heavy atom. The second kappa shape index (κ2) is 8.68. The number of thioether (sulfide) groups is 2. The largest absolute Gasteiger partial charge is 0.469 e. The highest BCUT2D eigenvalue weighted by Crippen LogP contribution is 2.66. The van der Waals surface area contributed by atoms with Crippen molar-refractivity contribution in [3.05, 3.63) is 76.9 Å². The SMILES string of the molecule is COC(=O)[C@@H]1C(C2(C3COC3)SCCCS2)=C(c2ccccc2)[C@H]1c1ccccc1C. The van der Waals surface area contributed by atoms with E-state index in [9.17, 15) is 4.79 Å². The number of hydrogen-bond acceptors (Lipinski definition) is 5. The van der Waals surface area contributed by atoms with E-state index in [1.807, 2.05) is 23.5 Å². The Morgan fingerprint density at radius 3 is 2.32 bits per heavy atom. The molecular weight excluding hydrogens is 424 g/mol. The van der Waals surface area contributed by atoms with Crippen LogP contribution in [0, 0.1) is 18.8 Å². The van der Waals surface area contributed by atoms with E-state index in [-0.39, 0.29) is 21.9 Å². The minimum Gasteiger partial charge on any atom is -0.469 e. The molecular formula is C26H28O3S2. The van der Waals surface area contributed by atoms with E-state index in [2.05, 4.69) is 61.5 Å².